The number of fused-ring (bicyclic) bond motifs is 1. The average molecular weight is 491 g/mol. The van der Waals surface area contributed by atoms with Crippen LogP contribution in [0.25, 0.3) is 0 Å². The van der Waals surface area contributed by atoms with Crippen molar-refractivity contribution in [3.05, 3.63) is 42.0 Å². The molecule has 0 aromatic heterocycles. The van der Waals surface area contributed by atoms with Gasteiger partial charge in [0.05, 0.1) is 23.3 Å². The van der Waals surface area contributed by atoms with Crippen LogP contribution in [0.1, 0.15) is 29.6 Å². The molecule has 11 heteroatoms. The van der Waals surface area contributed by atoms with Gasteiger partial charge in [0.1, 0.15) is 19.0 Å². The lowest BCUT2D eigenvalue weighted by atomic mass is 10.2. The summed E-state index contributed by atoms with van der Waals surface area (Å²) in [4.78, 5) is 24.9. The first kappa shape index (κ1) is 23.8. The van der Waals surface area contributed by atoms with Crippen LogP contribution in [0.5, 0.6) is 17.2 Å². The smallest absolute Gasteiger partial charge is 0.338 e. The third kappa shape index (κ3) is 5.26. The molecule has 0 spiro atoms. The Bertz CT molecular complexity index is 1180. The Balaban J connectivity index is 1.42. The summed E-state index contributed by atoms with van der Waals surface area (Å²) in [6, 6.07) is 8.89. The predicted molar refractivity (Wildman–Crippen MR) is 122 cm³/mol. The number of nitrogens with zero attached hydrogens (tertiary/aromatic N) is 1. The fraction of sp³-hybridized carbons (Fsp3) is 0.391. The molecule has 0 aliphatic carbocycles. The Hall–Kier alpha value is -3.31. The first-order valence-electron chi connectivity index (χ1n) is 10.9. The molecular formula is C23H26N2O8S. The molecule has 0 radical (unpaired) electrons. The lowest BCUT2D eigenvalue weighted by Crippen LogP contribution is -2.35. The van der Waals surface area contributed by atoms with Crippen molar-refractivity contribution in [3.63, 3.8) is 0 Å². The molecule has 2 aliphatic heterocycles. The molecule has 1 N–H and O–H groups in total. The van der Waals surface area contributed by atoms with E-state index >= 15 is 0 Å². The molecule has 0 bridgehead atoms. The molecule has 0 atom stereocenters. The van der Waals surface area contributed by atoms with Crippen molar-refractivity contribution in [1.29, 1.82) is 0 Å². The number of esters is 1. The van der Waals surface area contributed by atoms with Crippen LogP contribution in [-0.4, -0.2) is 64.6 Å². The van der Waals surface area contributed by atoms with Crippen LogP contribution in [0.4, 0.5) is 5.69 Å². The zero-order valence-corrected chi connectivity index (χ0v) is 19.6. The normalized spacial score (nSPS) is 15.9. The Labute approximate surface area is 197 Å². The fourth-order valence-corrected chi connectivity index (χ4v) is 5.31. The number of ether oxygens (including phenoxy) is 4. The maximum Gasteiger partial charge on any atom is 0.338 e. The summed E-state index contributed by atoms with van der Waals surface area (Å²) >= 11 is 0. The number of sulfonamides is 1. The van der Waals surface area contributed by atoms with E-state index in [4.69, 9.17) is 18.9 Å². The molecule has 1 saturated heterocycles. The van der Waals surface area contributed by atoms with Crippen LogP contribution in [-0.2, 0) is 19.6 Å². The first-order valence-corrected chi connectivity index (χ1v) is 12.4. The summed E-state index contributed by atoms with van der Waals surface area (Å²) in [5, 5.41) is 2.56. The largest absolute Gasteiger partial charge is 0.495 e. The molecule has 10 nitrogen and oxygen atoms in total. The van der Waals surface area contributed by atoms with Gasteiger partial charge in [-0.25, -0.2) is 13.2 Å². The van der Waals surface area contributed by atoms with Crippen LogP contribution < -0.4 is 19.5 Å². The molecule has 4 rings (SSSR count). The SMILES string of the molecule is COc1ccc(S(=O)(=O)N2CCCCC2)cc1NC(=O)COC(=O)c1ccc2c(c1)OCCO2. The zero-order valence-electron chi connectivity index (χ0n) is 18.7. The van der Waals surface area contributed by atoms with Crippen molar-refractivity contribution < 1.29 is 37.0 Å². The van der Waals surface area contributed by atoms with E-state index in [1.807, 2.05) is 0 Å². The van der Waals surface area contributed by atoms with Gasteiger partial charge in [-0.2, -0.15) is 4.31 Å². The lowest BCUT2D eigenvalue weighted by Gasteiger charge is -2.26. The molecule has 2 aliphatic rings. The Morgan fingerprint density at radius 2 is 1.74 bits per heavy atom. The maximum atomic E-state index is 13.0. The third-order valence-corrected chi connectivity index (χ3v) is 7.40. The number of amides is 1. The summed E-state index contributed by atoms with van der Waals surface area (Å²) in [7, 11) is -2.29. The molecular weight excluding hydrogens is 464 g/mol. The molecule has 1 fully saturated rings. The number of anilines is 1. The van der Waals surface area contributed by atoms with Gasteiger partial charge in [-0.15, -0.1) is 0 Å². The lowest BCUT2D eigenvalue weighted by molar-refractivity contribution is -0.119. The van der Waals surface area contributed by atoms with E-state index in [9.17, 15) is 18.0 Å². The van der Waals surface area contributed by atoms with E-state index in [2.05, 4.69) is 5.32 Å². The second-order valence-electron chi connectivity index (χ2n) is 7.81. The number of hydrogen-bond donors (Lipinski definition) is 1. The van der Waals surface area contributed by atoms with Crippen LogP contribution in [0.15, 0.2) is 41.3 Å². The number of rotatable bonds is 7. The standard InChI is InChI=1S/C23H26N2O8S/c1-30-19-8-6-17(34(28,29)25-9-3-2-4-10-25)14-18(19)24-22(26)15-33-23(27)16-5-7-20-21(13-16)32-12-11-31-20/h5-8,13-14H,2-4,9-12,15H2,1H3,(H,24,26). The molecule has 2 aromatic carbocycles. The highest BCUT2D eigenvalue weighted by atomic mass is 32.2. The Kier molecular flexibility index (Phi) is 7.23. The van der Waals surface area contributed by atoms with E-state index in [0.29, 0.717) is 37.8 Å². The van der Waals surface area contributed by atoms with Gasteiger partial charge >= 0.3 is 5.97 Å². The van der Waals surface area contributed by atoms with Crippen LogP contribution in [0.2, 0.25) is 0 Å². The number of methoxy groups -OCH3 is 1. The van der Waals surface area contributed by atoms with E-state index in [-0.39, 0.29) is 21.9 Å². The monoisotopic (exact) mass is 490 g/mol. The van der Waals surface area contributed by atoms with Gasteiger partial charge in [0.15, 0.2) is 18.1 Å². The number of nitrogens with one attached hydrogen (secondary N) is 1. The third-order valence-electron chi connectivity index (χ3n) is 5.51. The number of carbonyl (C=O) groups is 2. The molecule has 182 valence electrons. The van der Waals surface area contributed by atoms with Crippen molar-refractivity contribution in [2.75, 3.05) is 45.3 Å². The van der Waals surface area contributed by atoms with Crippen molar-refractivity contribution in [2.45, 2.75) is 24.2 Å². The summed E-state index contributed by atoms with van der Waals surface area (Å²) < 4.78 is 48.6. The molecule has 0 saturated carbocycles. The van der Waals surface area contributed by atoms with Crippen LogP contribution in [0.3, 0.4) is 0 Å². The molecule has 34 heavy (non-hydrogen) atoms. The highest BCUT2D eigenvalue weighted by molar-refractivity contribution is 7.89. The van der Waals surface area contributed by atoms with Gasteiger partial charge in [0.2, 0.25) is 10.0 Å². The van der Waals surface area contributed by atoms with E-state index < -0.39 is 28.5 Å². The quantitative estimate of drug-likeness (QED) is 0.588. The van der Waals surface area contributed by atoms with Gasteiger partial charge in [-0.1, -0.05) is 6.42 Å². The predicted octanol–water partition coefficient (Wildman–Crippen LogP) is 2.44. The van der Waals surface area contributed by atoms with Gasteiger partial charge < -0.3 is 24.3 Å². The number of carbonyl (C=O) groups excluding carboxylic acids is 2. The molecule has 2 aromatic rings. The van der Waals surface area contributed by atoms with Crippen LogP contribution in [0, 0.1) is 0 Å². The van der Waals surface area contributed by atoms with Crippen molar-refractivity contribution in [2.24, 2.45) is 0 Å². The highest BCUT2D eigenvalue weighted by Crippen LogP contribution is 2.31. The summed E-state index contributed by atoms with van der Waals surface area (Å²) in [6.45, 7) is 1.17. The highest BCUT2D eigenvalue weighted by Gasteiger charge is 2.27. The minimum absolute atomic E-state index is 0.0544. The van der Waals surface area contributed by atoms with Crippen molar-refractivity contribution >= 4 is 27.6 Å². The second-order valence-corrected chi connectivity index (χ2v) is 9.75. The molecule has 2 heterocycles. The van der Waals surface area contributed by atoms with Gasteiger partial charge in [0, 0.05) is 13.1 Å². The second kappa shape index (κ2) is 10.3. The summed E-state index contributed by atoms with van der Waals surface area (Å²) in [5.41, 5.74) is 0.380. The zero-order chi connectivity index (χ0) is 24.1. The number of benzene rings is 2. The Morgan fingerprint density at radius 1 is 1.00 bits per heavy atom. The van der Waals surface area contributed by atoms with E-state index in [1.165, 1.54) is 41.7 Å². The Morgan fingerprint density at radius 3 is 2.47 bits per heavy atom. The van der Waals surface area contributed by atoms with E-state index in [0.717, 1.165) is 19.3 Å². The van der Waals surface area contributed by atoms with E-state index in [1.54, 1.807) is 6.07 Å². The maximum absolute atomic E-state index is 13.0. The van der Waals surface area contributed by atoms with Gasteiger partial charge in [0.25, 0.3) is 5.91 Å². The fourth-order valence-electron chi connectivity index (χ4n) is 3.77. The minimum Gasteiger partial charge on any atom is -0.495 e. The van der Waals surface area contributed by atoms with Crippen molar-refractivity contribution in [1.82, 2.24) is 4.31 Å². The minimum atomic E-state index is -3.70. The van der Waals surface area contributed by atoms with Gasteiger partial charge in [-0.05, 0) is 49.2 Å². The topological polar surface area (TPSA) is 120 Å². The van der Waals surface area contributed by atoms with Crippen LogP contribution >= 0.6 is 0 Å². The molecule has 1 amide bonds. The summed E-state index contributed by atoms with van der Waals surface area (Å²) in [6.07, 6.45) is 2.63. The first-order chi connectivity index (χ1) is 16.4. The number of hydrogen-bond acceptors (Lipinski definition) is 8. The average Bonchev–Trinajstić information content (AvgIpc) is 2.87. The number of piperidine rings is 1. The molecule has 0 unspecified atom stereocenters. The van der Waals surface area contributed by atoms with Crippen molar-refractivity contribution in [3.8, 4) is 17.2 Å². The summed E-state index contributed by atoms with van der Waals surface area (Å²) in [5.74, 6) is -0.102. The van der Waals surface area contributed by atoms with Gasteiger partial charge in [-0.3, -0.25) is 4.79 Å².